The van der Waals surface area contributed by atoms with E-state index in [4.69, 9.17) is 0 Å². The maximum atomic E-state index is 4.29. The molecule has 4 heteroatoms. The van der Waals surface area contributed by atoms with Gasteiger partial charge in [-0.3, -0.25) is 0 Å². The lowest BCUT2D eigenvalue weighted by molar-refractivity contribution is -0.632. The summed E-state index contributed by atoms with van der Waals surface area (Å²) in [5.41, 5.74) is 0. The van der Waals surface area contributed by atoms with Gasteiger partial charge in [0.1, 0.15) is 0 Å². The molecule has 0 aromatic heterocycles. The third-order valence-electron chi connectivity index (χ3n) is 0.360. The van der Waals surface area contributed by atoms with Crippen LogP contribution in [0, 0.1) is 0 Å². The van der Waals surface area contributed by atoms with Gasteiger partial charge >= 0.3 is 0 Å². The van der Waals surface area contributed by atoms with Crippen molar-refractivity contribution in [2.75, 3.05) is 13.2 Å². The molecule has 0 radical (unpaired) electrons. The molecule has 8 heavy (non-hydrogen) atoms. The third kappa shape index (κ3) is 5.84. The lowest BCUT2D eigenvalue weighted by Gasteiger charge is -1.95. The van der Waals surface area contributed by atoms with Gasteiger partial charge < -0.3 is 0 Å². The molecule has 0 bridgehead atoms. The molecule has 0 aliphatic carbocycles. The summed E-state index contributed by atoms with van der Waals surface area (Å²) in [6.07, 6.45) is 0. The maximum Gasteiger partial charge on any atom is 0.0826 e. The first kappa shape index (κ1) is 7.84. The van der Waals surface area contributed by atoms with E-state index >= 15 is 0 Å². The molecule has 0 aromatic rings. The van der Waals surface area contributed by atoms with Crippen LogP contribution in [0.15, 0.2) is 0 Å². The first-order chi connectivity index (χ1) is 3.91. The Labute approximate surface area is 48.1 Å². The Morgan fingerprint density at radius 2 is 1.25 bits per heavy atom. The Morgan fingerprint density at radius 3 is 1.50 bits per heavy atom. The summed E-state index contributed by atoms with van der Waals surface area (Å²) in [7, 11) is 0. The summed E-state index contributed by atoms with van der Waals surface area (Å²) >= 11 is 0. The van der Waals surface area contributed by atoms with E-state index in [1.807, 2.05) is 0 Å². The van der Waals surface area contributed by atoms with Crippen molar-refractivity contribution in [3.8, 4) is 0 Å². The number of hydrogen-bond donors (Lipinski definition) is 0. The molecule has 0 heterocycles. The van der Waals surface area contributed by atoms with Crippen LogP contribution in [-0.4, -0.2) is 13.2 Å². The van der Waals surface area contributed by atoms with Gasteiger partial charge in [-0.2, -0.15) is 0 Å². The first-order valence-corrected chi connectivity index (χ1v) is 2.49. The second-order valence-electron chi connectivity index (χ2n) is 0.949. The van der Waals surface area contributed by atoms with Crippen molar-refractivity contribution in [3.63, 3.8) is 0 Å². The molecule has 0 aromatic carbocycles. The van der Waals surface area contributed by atoms with Crippen molar-refractivity contribution in [2.45, 2.75) is 13.8 Å². The zero-order valence-electron chi connectivity index (χ0n) is 5.05. The van der Waals surface area contributed by atoms with Crippen molar-refractivity contribution >= 4 is 0 Å². The highest BCUT2D eigenvalue weighted by Crippen LogP contribution is 1.80. The Bertz CT molecular complexity index is 33.0. The third-order valence-corrected chi connectivity index (χ3v) is 0.360. The highest BCUT2D eigenvalue weighted by molar-refractivity contribution is 3.91. The van der Waals surface area contributed by atoms with Crippen LogP contribution in [0.25, 0.3) is 0 Å². The largest absolute Gasteiger partial charge is 0.204 e. The first-order valence-electron chi connectivity index (χ1n) is 2.49. The topological polar surface area (TPSA) is 36.9 Å². The van der Waals surface area contributed by atoms with Crippen LogP contribution in [0.3, 0.4) is 0 Å². The lowest BCUT2D eigenvalue weighted by atomic mass is 10.9. The standard InChI is InChI=1S/C4H10O4/c1-3-5-7-8-6-4-2/h3-4H2,1-2H3. The smallest absolute Gasteiger partial charge is 0.0826 e. The molecule has 0 saturated heterocycles. The minimum Gasteiger partial charge on any atom is -0.204 e. The highest BCUT2D eigenvalue weighted by Gasteiger charge is 1.82. The molecule has 0 atom stereocenters. The van der Waals surface area contributed by atoms with Crippen molar-refractivity contribution < 1.29 is 19.9 Å². The van der Waals surface area contributed by atoms with Crippen LogP contribution in [0.5, 0.6) is 0 Å². The van der Waals surface area contributed by atoms with E-state index < -0.39 is 0 Å². The molecular formula is C4H10O4. The summed E-state index contributed by atoms with van der Waals surface area (Å²) in [6, 6.07) is 0. The van der Waals surface area contributed by atoms with E-state index in [0.29, 0.717) is 13.2 Å². The molecule has 0 aliphatic heterocycles. The van der Waals surface area contributed by atoms with Crippen molar-refractivity contribution in [1.82, 2.24) is 0 Å². The van der Waals surface area contributed by atoms with Gasteiger partial charge in [0.2, 0.25) is 0 Å². The predicted octanol–water partition coefficient (Wildman–Crippen LogP) is 0.838. The van der Waals surface area contributed by atoms with Gasteiger partial charge in [0.15, 0.2) is 0 Å². The lowest BCUT2D eigenvalue weighted by Crippen LogP contribution is -1.96. The molecule has 0 N–H and O–H groups in total. The van der Waals surface area contributed by atoms with E-state index in [0.717, 1.165) is 0 Å². The van der Waals surface area contributed by atoms with E-state index in [1.54, 1.807) is 13.8 Å². The maximum absolute atomic E-state index is 4.29. The minimum absolute atomic E-state index is 0.438. The number of rotatable bonds is 5. The van der Waals surface area contributed by atoms with Gasteiger partial charge in [-0.05, 0) is 23.9 Å². The second kappa shape index (κ2) is 6.84. The van der Waals surface area contributed by atoms with Crippen LogP contribution in [0.1, 0.15) is 13.8 Å². The number of hydrogen-bond acceptors (Lipinski definition) is 4. The van der Waals surface area contributed by atoms with E-state index in [9.17, 15) is 0 Å². The predicted molar refractivity (Wildman–Crippen MR) is 25.4 cm³/mol. The fourth-order valence-corrected chi connectivity index (χ4v) is 0.136. The summed E-state index contributed by atoms with van der Waals surface area (Å²) in [4.78, 5) is 8.58. The van der Waals surface area contributed by atoms with Gasteiger partial charge in [-0.25, -0.2) is 9.78 Å². The van der Waals surface area contributed by atoms with Gasteiger partial charge in [0.05, 0.1) is 13.2 Å². The SMILES string of the molecule is CCOOOOCC. The zero-order chi connectivity index (χ0) is 6.24. The van der Waals surface area contributed by atoms with E-state index in [-0.39, 0.29) is 0 Å². The van der Waals surface area contributed by atoms with Crippen molar-refractivity contribution in [3.05, 3.63) is 0 Å². The van der Waals surface area contributed by atoms with E-state index in [1.165, 1.54) is 0 Å². The summed E-state index contributed by atoms with van der Waals surface area (Å²) in [5, 5.41) is 8.00. The Balaban J connectivity index is 2.53. The summed E-state index contributed by atoms with van der Waals surface area (Å²) in [5.74, 6) is 0. The summed E-state index contributed by atoms with van der Waals surface area (Å²) < 4.78 is 0. The molecule has 0 rings (SSSR count). The molecule has 0 unspecified atom stereocenters. The molecule has 0 fully saturated rings. The van der Waals surface area contributed by atoms with Gasteiger partial charge in [-0.15, -0.1) is 0 Å². The quantitative estimate of drug-likeness (QED) is 0.307. The fraction of sp³-hybridized carbons (Fsp3) is 1.00. The normalized spacial score (nSPS) is 9.75. The molecule has 0 spiro atoms. The van der Waals surface area contributed by atoms with Gasteiger partial charge in [-0.1, -0.05) is 0 Å². The van der Waals surface area contributed by atoms with Crippen LogP contribution in [0.2, 0.25) is 0 Å². The average molecular weight is 122 g/mol. The average Bonchev–Trinajstić information content (AvgIpc) is 1.81. The Hall–Kier alpha value is -0.160. The molecule has 50 valence electrons. The Morgan fingerprint density at radius 1 is 0.875 bits per heavy atom. The van der Waals surface area contributed by atoms with E-state index in [2.05, 4.69) is 19.9 Å². The fourth-order valence-electron chi connectivity index (χ4n) is 0.136. The van der Waals surface area contributed by atoms with Crippen LogP contribution in [0.4, 0.5) is 0 Å². The molecule has 0 amide bonds. The molecular weight excluding hydrogens is 112 g/mol. The van der Waals surface area contributed by atoms with Crippen LogP contribution < -0.4 is 0 Å². The second-order valence-corrected chi connectivity index (χ2v) is 0.949. The van der Waals surface area contributed by atoms with Crippen molar-refractivity contribution in [1.29, 1.82) is 0 Å². The molecule has 0 aliphatic rings. The molecule has 0 saturated carbocycles. The minimum atomic E-state index is 0.438. The van der Waals surface area contributed by atoms with Crippen LogP contribution >= 0.6 is 0 Å². The van der Waals surface area contributed by atoms with Gasteiger partial charge in [0, 0.05) is 0 Å². The zero-order valence-corrected chi connectivity index (χ0v) is 5.05. The monoisotopic (exact) mass is 122 g/mol. The summed E-state index contributed by atoms with van der Waals surface area (Å²) in [6.45, 7) is 4.42. The molecule has 4 nitrogen and oxygen atoms in total. The van der Waals surface area contributed by atoms with Gasteiger partial charge in [0.25, 0.3) is 0 Å². The Kier molecular flexibility index (Phi) is 6.70. The highest BCUT2D eigenvalue weighted by atomic mass is 17.7. The van der Waals surface area contributed by atoms with Crippen molar-refractivity contribution in [2.24, 2.45) is 0 Å². The van der Waals surface area contributed by atoms with Crippen LogP contribution in [-0.2, 0) is 19.9 Å².